The van der Waals surface area contributed by atoms with Crippen LogP contribution in [-0.2, 0) is 11.3 Å². The largest absolute Gasteiger partial charge is 0.337 e. The van der Waals surface area contributed by atoms with Crippen LogP contribution in [0.25, 0.3) is 22.6 Å². The topological polar surface area (TPSA) is 101 Å². The molecule has 162 valence electrons. The van der Waals surface area contributed by atoms with Crippen LogP contribution in [-0.4, -0.2) is 15.4 Å². The molecule has 0 saturated heterocycles. The zero-order valence-electron chi connectivity index (χ0n) is 17.2. The van der Waals surface area contributed by atoms with Gasteiger partial charge in [0.1, 0.15) is 6.54 Å². The molecule has 1 heterocycles. The number of benzene rings is 3. The summed E-state index contributed by atoms with van der Waals surface area (Å²) in [6.45, 7) is 0.0652. The molecule has 0 radical (unpaired) electrons. The van der Waals surface area contributed by atoms with E-state index in [0.29, 0.717) is 16.3 Å². The number of halogens is 1. The highest BCUT2D eigenvalue weighted by Gasteiger charge is 2.13. The Bertz CT molecular complexity index is 1430. The number of fused-ring (bicyclic) bond motifs is 1. The van der Waals surface area contributed by atoms with Gasteiger partial charge in [-0.1, -0.05) is 41.9 Å². The summed E-state index contributed by atoms with van der Waals surface area (Å²) in [4.78, 5) is 23.2. The van der Waals surface area contributed by atoms with E-state index in [1.807, 2.05) is 24.3 Å². The highest BCUT2D eigenvalue weighted by Crippen LogP contribution is 2.27. The smallest absolute Gasteiger partial charge is 0.270 e. The van der Waals surface area contributed by atoms with Gasteiger partial charge in [0.25, 0.3) is 5.69 Å². The number of nitro groups is 1. The number of allylic oxidation sites excluding steroid dienone is 1. The third kappa shape index (κ3) is 4.92. The average molecular weight is 457 g/mol. The van der Waals surface area contributed by atoms with Crippen LogP contribution in [0.5, 0.6) is 0 Å². The van der Waals surface area contributed by atoms with Gasteiger partial charge < -0.3 is 9.88 Å². The van der Waals surface area contributed by atoms with Crippen molar-refractivity contribution in [3.05, 3.63) is 105 Å². The minimum Gasteiger partial charge on any atom is -0.337 e. The van der Waals surface area contributed by atoms with Gasteiger partial charge in [0.15, 0.2) is 0 Å². The Morgan fingerprint density at radius 3 is 2.61 bits per heavy atom. The predicted molar refractivity (Wildman–Crippen MR) is 129 cm³/mol. The number of non-ortho nitro benzene ring substituents is 1. The van der Waals surface area contributed by atoms with Crippen molar-refractivity contribution in [3.8, 4) is 6.07 Å². The molecular weight excluding hydrogens is 440 g/mol. The van der Waals surface area contributed by atoms with Gasteiger partial charge in [-0.3, -0.25) is 14.9 Å². The summed E-state index contributed by atoms with van der Waals surface area (Å²) in [5.41, 5.74) is 2.84. The molecule has 0 unspecified atom stereocenters. The molecule has 7 nitrogen and oxygen atoms in total. The highest BCUT2D eigenvalue weighted by atomic mass is 35.5. The first kappa shape index (κ1) is 21.8. The fraction of sp³-hybridized carbons (Fsp3) is 0.0400. The third-order valence-electron chi connectivity index (χ3n) is 5.05. The van der Waals surface area contributed by atoms with E-state index in [1.54, 1.807) is 53.2 Å². The molecule has 0 fully saturated rings. The molecular formula is C25H17ClN4O3. The normalized spacial score (nSPS) is 11.2. The maximum Gasteiger partial charge on any atom is 0.270 e. The number of carbonyl (C=O) groups excluding carboxylic acids is 1. The molecule has 0 spiro atoms. The van der Waals surface area contributed by atoms with Crippen LogP contribution in [0.2, 0.25) is 5.02 Å². The Kier molecular flexibility index (Phi) is 6.20. The minimum atomic E-state index is -0.496. The van der Waals surface area contributed by atoms with Crippen molar-refractivity contribution in [1.29, 1.82) is 5.26 Å². The van der Waals surface area contributed by atoms with Crippen LogP contribution in [0, 0.1) is 21.4 Å². The summed E-state index contributed by atoms with van der Waals surface area (Å²) in [6, 6.07) is 22.4. The Morgan fingerprint density at radius 2 is 1.88 bits per heavy atom. The molecule has 1 aromatic heterocycles. The monoisotopic (exact) mass is 456 g/mol. The van der Waals surface area contributed by atoms with E-state index in [2.05, 4.69) is 11.4 Å². The maximum absolute atomic E-state index is 12.6. The van der Waals surface area contributed by atoms with Gasteiger partial charge in [-0.25, -0.2) is 0 Å². The van der Waals surface area contributed by atoms with Gasteiger partial charge in [0, 0.05) is 45.5 Å². The number of aromatic nitrogens is 1. The maximum atomic E-state index is 12.6. The molecule has 0 atom stereocenters. The second-order valence-corrected chi connectivity index (χ2v) is 7.70. The lowest BCUT2D eigenvalue weighted by atomic mass is 10.0. The standard InChI is InChI=1S/C25H17ClN4O3/c26-20-8-10-21(11-9-20)28-25(31)16-29-15-19(23-6-1-2-7-24(23)29)12-18(14-27)17-4-3-5-22(13-17)30(32)33/h1-13,15H,16H2,(H,28,31)/b18-12-. The molecule has 0 aliphatic rings. The summed E-state index contributed by atoms with van der Waals surface area (Å²) >= 11 is 5.89. The predicted octanol–water partition coefficient (Wildman–Crippen LogP) is 5.91. The van der Waals surface area contributed by atoms with E-state index in [1.165, 1.54) is 12.1 Å². The Hall–Kier alpha value is -4.41. The van der Waals surface area contributed by atoms with Crippen LogP contribution in [0.3, 0.4) is 0 Å². The Balaban J connectivity index is 1.67. The Labute approximate surface area is 194 Å². The van der Waals surface area contributed by atoms with E-state index in [-0.39, 0.29) is 23.7 Å². The lowest BCUT2D eigenvalue weighted by Gasteiger charge is -2.07. The SMILES string of the molecule is N#C/C(=C/c1cn(CC(=O)Nc2ccc(Cl)cc2)c2ccccc12)c1cccc([N+](=O)[O-])c1. The second-order valence-electron chi connectivity index (χ2n) is 7.26. The van der Waals surface area contributed by atoms with Gasteiger partial charge in [0.2, 0.25) is 5.91 Å². The number of para-hydroxylation sites is 1. The van der Waals surface area contributed by atoms with Gasteiger partial charge >= 0.3 is 0 Å². The first-order valence-electron chi connectivity index (χ1n) is 9.94. The second kappa shape index (κ2) is 9.39. The van der Waals surface area contributed by atoms with Gasteiger partial charge in [0.05, 0.1) is 16.6 Å². The molecule has 0 aliphatic heterocycles. The van der Waals surface area contributed by atoms with Gasteiger partial charge in [-0.15, -0.1) is 0 Å². The van der Waals surface area contributed by atoms with E-state index in [0.717, 1.165) is 16.5 Å². The van der Waals surface area contributed by atoms with E-state index in [4.69, 9.17) is 11.6 Å². The zero-order valence-corrected chi connectivity index (χ0v) is 18.0. The highest BCUT2D eigenvalue weighted by molar-refractivity contribution is 6.30. The first-order valence-corrected chi connectivity index (χ1v) is 10.3. The fourth-order valence-corrected chi connectivity index (χ4v) is 3.66. The summed E-state index contributed by atoms with van der Waals surface area (Å²) in [5.74, 6) is -0.215. The average Bonchev–Trinajstić information content (AvgIpc) is 3.16. The summed E-state index contributed by atoms with van der Waals surface area (Å²) in [7, 11) is 0. The van der Waals surface area contributed by atoms with Crippen molar-refractivity contribution < 1.29 is 9.72 Å². The number of nitriles is 1. The van der Waals surface area contributed by atoms with Crippen molar-refractivity contribution in [2.45, 2.75) is 6.54 Å². The molecule has 0 bridgehead atoms. The molecule has 8 heteroatoms. The number of hydrogen-bond donors (Lipinski definition) is 1. The molecule has 33 heavy (non-hydrogen) atoms. The van der Waals surface area contributed by atoms with Crippen molar-refractivity contribution in [2.75, 3.05) is 5.32 Å². The van der Waals surface area contributed by atoms with Crippen LogP contribution in [0.4, 0.5) is 11.4 Å². The summed E-state index contributed by atoms with van der Waals surface area (Å²) in [6.07, 6.45) is 3.47. The lowest BCUT2D eigenvalue weighted by Crippen LogP contribution is -2.18. The van der Waals surface area contributed by atoms with Crippen LogP contribution < -0.4 is 5.32 Å². The number of nitrogens with zero attached hydrogens (tertiary/aromatic N) is 3. The Morgan fingerprint density at radius 1 is 1.12 bits per heavy atom. The van der Waals surface area contributed by atoms with E-state index < -0.39 is 4.92 Å². The van der Waals surface area contributed by atoms with E-state index in [9.17, 15) is 20.2 Å². The molecule has 0 aliphatic carbocycles. The molecule has 3 aromatic carbocycles. The summed E-state index contributed by atoms with van der Waals surface area (Å²) < 4.78 is 1.80. The van der Waals surface area contributed by atoms with Crippen LogP contribution in [0.1, 0.15) is 11.1 Å². The number of amides is 1. The molecule has 0 saturated carbocycles. The quantitative estimate of drug-likeness (QED) is 0.221. The number of rotatable bonds is 6. The van der Waals surface area contributed by atoms with Crippen LogP contribution in [0.15, 0.2) is 79.0 Å². The number of nitrogens with one attached hydrogen (secondary N) is 1. The summed E-state index contributed by atoms with van der Waals surface area (Å²) in [5, 5.41) is 25.1. The number of hydrogen-bond acceptors (Lipinski definition) is 4. The molecule has 4 rings (SSSR count). The first-order chi connectivity index (χ1) is 15.9. The fourth-order valence-electron chi connectivity index (χ4n) is 3.53. The van der Waals surface area contributed by atoms with Crippen molar-refractivity contribution in [2.24, 2.45) is 0 Å². The number of nitro benzene ring substituents is 1. The third-order valence-corrected chi connectivity index (χ3v) is 5.30. The zero-order chi connectivity index (χ0) is 23.4. The van der Waals surface area contributed by atoms with E-state index >= 15 is 0 Å². The van der Waals surface area contributed by atoms with Crippen molar-refractivity contribution in [3.63, 3.8) is 0 Å². The molecule has 1 amide bonds. The lowest BCUT2D eigenvalue weighted by molar-refractivity contribution is -0.384. The van der Waals surface area contributed by atoms with Crippen molar-refractivity contribution in [1.82, 2.24) is 4.57 Å². The van der Waals surface area contributed by atoms with Gasteiger partial charge in [-0.05, 0) is 42.0 Å². The van der Waals surface area contributed by atoms with Crippen LogP contribution >= 0.6 is 11.6 Å². The number of anilines is 1. The van der Waals surface area contributed by atoms with Crippen molar-refractivity contribution >= 4 is 51.4 Å². The molecule has 4 aromatic rings. The van der Waals surface area contributed by atoms with Gasteiger partial charge in [-0.2, -0.15) is 5.26 Å². The molecule has 1 N–H and O–H groups in total. The minimum absolute atomic E-state index is 0.0652. The number of carbonyl (C=O) groups is 1.